The largest absolute Gasteiger partial charge is 0.378 e. The van der Waals surface area contributed by atoms with Gasteiger partial charge in [-0.25, -0.2) is 0 Å². The lowest BCUT2D eigenvalue weighted by atomic mass is 10.1. The highest BCUT2D eigenvalue weighted by molar-refractivity contribution is 14.0. The molecule has 7 heteroatoms. The van der Waals surface area contributed by atoms with E-state index in [2.05, 4.69) is 52.1 Å². The van der Waals surface area contributed by atoms with Gasteiger partial charge in [-0.05, 0) is 54.8 Å². The first-order valence-electron chi connectivity index (χ1n) is 8.12. The summed E-state index contributed by atoms with van der Waals surface area (Å²) < 4.78 is 6.91. The Morgan fingerprint density at radius 3 is 2.70 bits per heavy atom. The number of hydrogen-bond donors (Lipinski definition) is 1. The van der Waals surface area contributed by atoms with E-state index < -0.39 is 0 Å². The number of hydrogen-bond acceptors (Lipinski definition) is 3. The van der Waals surface area contributed by atoms with Crippen LogP contribution in [0.4, 0.5) is 0 Å². The first-order chi connectivity index (χ1) is 10.7. The molecule has 0 aliphatic carbocycles. The third kappa shape index (κ3) is 7.27. The minimum absolute atomic E-state index is 0. The summed E-state index contributed by atoms with van der Waals surface area (Å²) in [4.78, 5) is 8.54. The molecule has 0 unspecified atom stereocenters. The van der Waals surface area contributed by atoms with E-state index in [9.17, 15) is 0 Å². The van der Waals surface area contributed by atoms with Crippen molar-refractivity contribution in [2.45, 2.75) is 39.2 Å². The fourth-order valence-electron chi connectivity index (χ4n) is 2.65. The average molecular weight is 516 g/mol. The van der Waals surface area contributed by atoms with Gasteiger partial charge in [0.05, 0.1) is 9.89 Å². The molecule has 0 bridgehead atoms. The molecule has 1 aliphatic heterocycles. The second-order valence-electron chi connectivity index (χ2n) is 5.33. The first kappa shape index (κ1) is 21.2. The standard InChI is InChI=1S/C16H26BrN3OS.HI/c1-3-18-16(19-10-7-14-5-6-15(17)22-14)20-11-8-13(9-12-20)21-4-2;/h5-6,13H,3-4,7-12H2,1-2H3,(H,18,19);1H. The molecule has 0 saturated carbocycles. The van der Waals surface area contributed by atoms with Crippen molar-refractivity contribution < 1.29 is 4.74 Å². The van der Waals surface area contributed by atoms with E-state index in [1.165, 1.54) is 8.66 Å². The van der Waals surface area contributed by atoms with Crippen LogP contribution in [0.3, 0.4) is 0 Å². The maximum Gasteiger partial charge on any atom is 0.193 e. The fraction of sp³-hybridized carbons (Fsp3) is 0.688. The van der Waals surface area contributed by atoms with Crippen molar-refractivity contribution in [2.24, 2.45) is 4.99 Å². The maximum atomic E-state index is 5.72. The number of ether oxygens (including phenoxy) is 1. The van der Waals surface area contributed by atoms with Crippen molar-refractivity contribution in [2.75, 3.05) is 32.8 Å². The summed E-state index contributed by atoms with van der Waals surface area (Å²) in [6.45, 7) is 8.81. The van der Waals surface area contributed by atoms with E-state index in [0.29, 0.717) is 6.10 Å². The Morgan fingerprint density at radius 2 is 2.13 bits per heavy atom. The molecule has 4 nitrogen and oxygen atoms in total. The topological polar surface area (TPSA) is 36.9 Å². The van der Waals surface area contributed by atoms with Gasteiger partial charge in [-0.3, -0.25) is 4.99 Å². The summed E-state index contributed by atoms with van der Waals surface area (Å²) in [7, 11) is 0. The van der Waals surface area contributed by atoms with Crippen LogP contribution in [0.1, 0.15) is 31.6 Å². The lowest BCUT2D eigenvalue weighted by Gasteiger charge is -2.34. The van der Waals surface area contributed by atoms with Gasteiger partial charge >= 0.3 is 0 Å². The minimum atomic E-state index is 0. The van der Waals surface area contributed by atoms with E-state index in [4.69, 9.17) is 9.73 Å². The number of halogens is 2. The van der Waals surface area contributed by atoms with Crippen LogP contribution in [0.15, 0.2) is 20.9 Å². The Labute approximate surface area is 169 Å². The molecule has 0 aromatic carbocycles. The molecule has 0 atom stereocenters. The number of aliphatic imine (C=N–C) groups is 1. The van der Waals surface area contributed by atoms with Gasteiger partial charge in [-0.2, -0.15) is 0 Å². The molecule has 1 N–H and O–H groups in total. The summed E-state index contributed by atoms with van der Waals surface area (Å²) in [5.41, 5.74) is 0. The highest BCUT2D eigenvalue weighted by Gasteiger charge is 2.21. The van der Waals surface area contributed by atoms with Gasteiger partial charge in [0, 0.05) is 44.1 Å². The molecule has 0 spiro atoms. The predicted molar refractivity (Wildman–Crippen MR) is 113 cm³/mol. The van der Waals surface area contributed by atoms with Crippen molar-refractivity contribution in [1.82, 2.24) is 10.2 Å². The number of rotatable bonds is 6. The van der Waals surface area contributed by atoms with Crippen molar-refractivity contribution in [3.8, 4) is 0 Å². The molecule has 0 amide bonds. The number of guanidine groups is 1. The third-order valence-electron chi connectivity index (χ3n) is 3.73. The summed E-state index contributed by atoms with van der Waals surface area (Å²) in [5.74, 6) is 1.05. The van der Waals surface area contributed by atoms with Crippen LogP contribution < -0.4 is 5.32 Å². The Hall–Kier alpha value is 0.140. The highest BCUT2D eigenvalue weighted by Crippen LogP contribution is 2.22. The second kappa shape index (κ2) is 11.7. The fourth-order valence-corrected chi connectivity index (χ4v) is 4.13. The van der Waals surface area contributed by atoms with E-state index in [1.807, 2.05) is 0 Å². The lowest BCUT2D eigenvalue weighted by molar-refractivity contribution is 0.0264. The molecule has 1 aromatic rings. The van der Waals surface area contributed by atoms with Crippen LogP contribution in [0.25, 0.3) is 0 Å². The average Bonchev–Trinajstić information content (AvgIpc) is 2.93. The molecule has 1 aliphatic rings. The smallest absolute Gasteiger partial charge is 0.193 e. The predicted octanol–water partition coefficient (Wildman–Crippen LogP) is 4.14. The zero-order chi connectivity index (χ0) is 15.8. The van der Waals surface area contributed by atoms with Gasteiger partial charge in [-0.1, -0.05) is 0 Å². The maximum absolute atomic E-state index is 5.72. The van der Waals surface area contributed by atoms with Gasteiger partial charge in [-0.15, -0.1) is 35.3 Å². The highest BCUT2D eigenvalue weighted by atomic mass is 127. The van der Waals surface area contributed by atoms with Gasteiger partial charge < -0.3 is 15.0 Å². The zero-order valence-corrected chi connectivity index (χ0v) is 18.6. The van der Waals surface area contributed by atoms with Crippen LogP contribution in [-0.2, 0) is 11.2 Å². The molecule has 0 radical (unpaired) electrons. The van der Waals surface area contributed by atoms with E-state index >= 15 is 0 Å². The number of nitrogens with zero attached hydrogens (tertiary/aromatic N) is 2. The molecular weight excluding hydrogens is 489 g/mol. The summed E-state index contributed by atoms with van der Waals surface area (Å²) in [6, 6.07) is 4.28. The quantitative estimate of drug-likeness (QED) is 0.351. The van der Waals surface area contributed by atoms with Crippen LogP contribution in [0.5, 0.6) is 0 Å². The molecule has 1 fully saturated rings. The summed E-state index contributed by atoms with van der Waals surface area (Å²) in [5, 5.41) is 3.42. The monoisotopic (exact) mass is 515 g/mol. The molecule has 1 aromatic heterocycles. The number of thiophene rings is 1. The Bertz CT molecular complexity index is 476. The number of likely N-dealkylation sites (tertiary alicyclic amines) is 1. The Kier molecular flexibility index (Phi) is 10.7. The first-order valence-corrected chi connectivity index (χ1v) is 9.73. The normalized spacial score (nSPS) is 16.3. The minimum Gasteiger partial charge on any atom is -0.378 e. The van der Waals surface area contributed by atoms with Gasteiger partial charge in [0.2, 0.25) is 0 Å². The molecule has 132 valence electrons. The lowest BCUT2D eigenvalue weighted by Crippen LogP contribution is -2.47. The number of nitrogens with one attached hydrogen (secondary N) is 1. The van der Waals surface area contributed by atoms with E-state index in [1.54, 1.807) is 11.3 Å². The van der Waals surface area contributed by atoms with Gasteiger partial charge in [0.15, 0.2) is 5.96 Å². The zero-order valence-electron chi connectivity index (χ0n) is 13.9. The third-order valence-corrected chi connectivity index (χ3v) is 5.41. The second-order valence-corrected chi connectivity index (χ2v) is 7.88. The van der Waals surface area contributed by atoms with Gasteiger partial charge in [0.25, 0.3) is 0 Å². The number of piperidine rings is 1. The van der Waals surface area contributed by atoms with Crippen LogP contribution in [0.2, 0.25) is 0 Å². The molecule has 2 rings (SSSR count). The van der Waals surface area contributed by atoms with Crippen molar-refractivity contribution >= 4 is 57.2 Å². The van der Waals surface area contributed by atoms with Crippen molar-refractivity contribution in [3.63, 3.8) is 0 Å². The molecule has 2 heterocycles. The van der Waals surface area contributed by atoms with E-state index in [0.717, 1.165) is 58.0 Å². The van der Waals surface area contributed by atoms with Crippen LogP contribution in [0, 0.1) is 0 Å². The van der Waals surface area contributed by atoms with E-state index in [-0.39, 0.29) is 24.0 Å². The molecule has 1 saturated heterocycles. The SMILES string of the molecule is CCNC(=NCCc1ccc(Br)s1)N1CCC(OCC)CC1.I. The van der Waals surface area contributed by atoms with Gasteiger partial charge in [0.1, 0.15) is 0 Å². The summed E-state index contributed by atoms with van der Waals surface area (Å²) >= 11 is 5.30. The molecular formula is C16H27BrIN3OS. The molecule has 23 heavy (non-hydrogen) atoms. The van der Waals surface area contributed by atoms with Crippen LogP contribution in [-0.4, -0.2) is 49.7 Å². The van der Waals surface area contributed by atoms with Crippen molar-refractivity contribution in [1.29, 1.82) is 0 Å². The Morgan fingerprint density at radius 1 is 1.39 bits per heavy atom. The summed E-state index contributed by atoms with van der Waals surface area (Å²) in [6.07, 6.45) is 3.61. The Balaban J connectivity index is 0.00000264. The van der Waals surface area contributed by atoms with Crippen LogP contribution >= 0.6 is 51.2 Å². The van der Waals surface area contributed by atoms with Crippen molar-refractivity contribution in [3.05, 3.63) is 20.8 Å².